The number of aliphatic carboxylic acids is 2. The Hall–Kier alpha value is -2.34. The van der Waals surface area contributed by atoms with Gasteiger partial charge in [-0.05, 0) is 50.5 Å². The number of carbonyl (C=O) groups excluding carboxylic acids is 3. The molecule has 2 rings (SSSR count). The molecular formula is C20H32N4O7S. The molecule has 3 amide bonds. The van der Waals surface area contributed by atoms with Gasteiger partial charge < -0.3 is 31.1 Å². The van der Waals surface area contributed by atoms with E-state index in [0.717, 1.165) is 0 Å². The average Bonchev–Trinajstić information content (AvgIpc) is 3.43. The fraction of sp³-hybridized carbons (Fsp3) is 0.750. The van der Waals surface area contributed by atoms with Gasteiger partial charge in [0.1, 0.15) is 18.1 Å². The van der Waals surface area contributed by atoms with E-state index < -0.39 is 47.9 Å². The zero-order valence-corrected chi connectivity index (χ0v) is 19.0. The Bertz CT molecular complexity index is 735. The molecule has 0 aromatic heterocycles. The number of nitrogens with one attached hydrogen (secondary N) is 1. The third-order valence-electron chi connectivity index (χ3n) is 5.87. The highest BCUT2D eigenvalue weighted by atomic mass is 32.2. The predicted octanol–water partition coefficient (Wildman–Crippen LogP) is -0.517. The Morgan fingerprint density at radius 1 is 1.00 bits per heavy atom. The zero-order chi connectivity index (χ0) is 23.8. The Morgan fingerprint density at radius 3 is 2.16 bits per heavy atom. The minimum atomic E-state index is -1.18. The number of thioether (sulfide) groups is 1. The van der Waals surface area contributed by atoms with Crippen molar-refractivity contribution in [1.29, 1.82) is 0 Å². The molecule has 0 aliphatic carbocycles. The van der Waals surface area contributed by atoms with Gasteiger partial charge in [0.25, 0.3) is 0 Å². The number of hydrogen-bond acceptors (Lipinski definition) is 7. The van der Waals surface area contributed by atoms with Gasteiger partial charge in [-0.15, -0.1) is 0 Å². The lowest BCUT2D eigenvalue weighted by molar-refractivity contribution is -0.150. The number of nitrogens with two attached hydrogens (primary N) is 1. The van der Waals surface area contributed by atoms with Gasteiger partial charge in [0, 0.05) is 19.5 Å². The highest BCUT2D eigenvalue weighted by molar-refractivity contribution is 7.98. The van der Waals surface area contributed by atoms with Crippen molar-refractivity contribution < 1.29 is 34.2 Å². The number of rotatable bonds is 11. The second-order valence-electron chi connectivity index (χ2n) is 8.10. The maximum absolute atomic E-state index is 13.0. The lowest BCUT2D eigenvalue weighted by Crippen LogP contribution is -2.56. The van der Waals surface area contributed by atoms with Crippen molar-refractivity contribution in [2.24, 2.45) is 5.73 Å². The third kappa shape index (κ3) is 6.58. The number of nitrogens with zero attached hydrogens (tertiary/aromatic N) is 2. The first-order valence-corrected chi connectivity index (χ1v) is 12.2. The van der Waals surface area contributed by atoms with Gasteiger partial charge >= 0.3 is 11.9 Å². The minimum Gasteiger partial charge on any atom is -0.481 e. The summed E-state index contributed by atoms with van der Waals surface area (Å²) in [5.74, 6) is -3.05. The molecule has 0 aromatic rings. The standard InChI is InChI=1S/C20H32N4O7S/c1-32-11-8-12(21)18(28)23-9-2-4-14(23)17(27)22-13(6-7-16(25)26)19(29)24-10-3-5-15(24)20(30)31/h12-15H,2-11,21H2,1H3,(H,22,27)(H,25,26)(H,30,31). The first-order chi connectivity index (χ1) is 15.2. The van der Waals surface area contributed by atoms with Gasteiger partial charge in [-0.3, -0.25) is 19.2 Å². The third-order valence-corrected chi connectivity index (χ3v) is 6.52. The van der Waals surface area contributed by atoms with Gasteiger partial charge in [0.05, 0.1) is 6.04 Å². The summed E-state index contributed by atoms with van der Waals surface area (Å²) in [6, 6.07) is -3.69. The molecule has 2 heterocycles. The van der Waals surface area contributed by atoms with Crippen LogP contribution in [-0.4, -0.2) is 98.9 Å². The summed E-state index contributed by atoms with van der Waals surface area (Å²) in [6.07, 6.45) is 3.70. The lowest BCUT2D eigenvalue weighted by atomic mass is 10.1. The summed E-state index contributed by atoms with van der Waals surface area (Å²) < 4.78 is 0. The molecule has 32 heavy (non-hydrogen) atoms. The van der Waals surface area contributed by atoms with Crippen LogP contribution in [-0.2, 0) is 24.0 Å². The molecule has 0 aromatic carbocycles. The van der Waals surface area contributed by atoms with Crippen LogP contribution in [0.3, 0.4) is 0 Å². The molecule has 2 aliphatic heterocycles. The van der Waals surface area contributed by atoms with Crippen LogP contribution in [0.4, 0.5) is 0 Å². The van der Waals surface area contributed by atoms with E-state index in [1.165, 1.54) is 9.80 Å². The first kappa shape index (κ1) is 25.9. The zero-order valence-electron chi connectivity index (χ0n) is 18.2. The molecule has 0 bridgehead atoms. The molecule has 11 nitrogen and oxygen atoms in total. The summed E-state index contributed by atoms with van der Waals surface area (Å²) in [7, 11) is 0. The van der Waals surface area contributed by atoms with Crippen LogP contribution in [0.15, 0.2) is 0 Å². The van der Waals surface area contributed by atoms with Crippen molar-refractivity contribution in [3.05, 3.63) is 0 Å². The van der Waals surface area contributed by atoms with Crippen molar-refractivity contribution in [2.45, 2.75) is 69.1 Å². The number of hydrogen-bond donors (Lipinski definition) is 4. The number of carbonyl (C=O) groups is 5. The highest BCUT2D eigenvalue weighted by Crippen LogP contribution is 2.22. The van der Waals surface area contributed by atoms with Crippen LogP contribution in [0.5, 0.6) is 0 Å². The largest absolute Gasteiger partial charge is 0.481 e. The SMILES string of the molecule is CSCCC(N)C(=O)N1CCCC1C(=O)NC(CCC(=O)O)C(=O)N1CCCC1C(=O)O. The van der Waals surface area contributed by atoms with Gasteiger partial charge in [-0.25, -0.2) is 4.79 Å². The Labute approximate surface area is 191 Å². The summed E-state index contributed by atoms with van der Waals surface area (Å²) in [4.78, 5) is 63.9. The monoisotopic (exact) mass is 472 g/mol. The van der Waals surface area contributed by atoms with Gasteiger partial charge in [-0.2, -0.15) is 11.8 Å². The molecule has 0 spiro atoms. The molecule has 5 N–H and O–H groups in total. The van der Waals surface area contributed by atoms with E-state index in [-0.39, 0.29) is 25.3 Å². The maximum Gasteiger partial charge on any atom is 0.326 e. The number of carboxylic acid groups (broad SMARTS) is 2. The highest BCUT2D eigenvalue weighted by Gasteiger charge is 2.40. The van der Waals surface area contributed by atoms with E-state index in [9.17, 15) is 29.1 Å². The Kier molecular flexibility index (Phi) is 9.76. The molecule has 180 valence electrons. The van der Waals surface area contributed by atoms with Crippen molar-refractivity contribution in [1.82, 2.24) is 15.1 Å². The molecular weight excluding hydrogens is 440 g/mol. The number of amides is 3. The van der Waals surface area contributed by atoms with E-state index in [4.69, 9.17) is 10.8 Å². The fourth-order valence-corrected chi connectivity index (χ4v) is 4.65. The first-order valence-electron chi connectivity index (χ1n) is 10.8. The summed E-state index contributed by atoms with van der Waals surface area (Å²) in [5.41, 5.74) is 5.98. The molecule has 2 saturated heterocycles. The molecule has 4 atom stereocenters. The van der Waals surface area contributed by atoms with Crippen LogP contribution in [0.25, 0.3) is 0 Å². The van der Waals surface area contributed by atoms with Crippen LogP contribution >= 0.6 is 11.8 Å². The quantitative estimate of drug-likeness (QED) is 0.309. The van der Waals surface area contributed by atoms with Gasteiger partial charge in [0.2, 0.25) is 17.7 Å². The van der Waals surface area contributed by atoms with Crippen molar-refractivity contribution in [2.75, 3.05) is 25.1 Å². The molecule has 0 saturated carbocycles. The second kappa shape index (κ2) is 12.0. The molecule has 12 heteroatoms. The van der Waals surface area contributed by atoms with E-state index >= 15 is 0 Å². The van der Waals surface area contributed by atoms with Crippen molar-refractivity contribution in [3.8, 4) is 0 Å². The fourth-order valence-electron chi connectivity index (χ4n) is 4.16. The smallest absolute Gasteiger partial charge is 0.326 e. The maximum atomic E-state index is 13.0. The predicted molar refractivity (Wildman–Crippen MR) is 117 cm³/mol. The molecule has 2 aliphatic rings. The lowest BCUT2D eigenvalue weighted by Gasteiger charge is -2.30. The second-order valence-corrected chi connectivity index (χ2v) is 9.08. The minimum absolute atomic E-state index is 0.170. The molecule has 4 unspecified atom stereocenters. The van der Waals surface area contributed by atoms with E-state index in [1.807, 2.05) is 6.26 Å². The van der Waals surface area contributed by atoms with E-state index in [2.05, 4.69) is 5.32 Å². The normalized spacial score (nSPS) is 22.4. The topological polar surface area (TPSA) is 170 Å². The van der Waals surface area contributed by atoms with Gasteiger partial charge in [0.15, 0.2) is 0 Å². The summed E-state index contributed by atoms with van der Waals surface area (Å²) in [5, 5.41) is 21.0. The van der Waals surface area contributed by atoms with Crippen LogP contribution in [0, 0.1) is 0 Å². The summed E-state index contributed by atoms with van der Waals surface area (Å²) in [6.45, 7) is 0.610. The number of carboxylic acids is 2. The van der Waals surface area contributed by atoms with Crippen molar-refractivity contribution in [3.63, 3.8) is 0 Å². The van der Waals surface area contributed by atoms with Crippen molar-refractivity contribution >= 4 is 41.4 Å². The van der Waals surface area contributed by atoms with Crippen LogP contribution < -0.4 is 11.1 Å². The van der Waals surface area contributed by atoms with E-state index in [1.54, 1.807) is 11.8 Å². The molecule has 2 fully saturated rings. The Balaban J connectivity index is 2.11. The molecule has 0 radical (unpaired) electrons. The average molecular weight is 473 g/mol. The van der Waals surface area contributed by atoms with Gasteiger partial charge in [-0.1, -0.05) is 0 Å². The Morgan fingerprint density at radius 2 is 1.59 bits per heavy atom. The van der Waals surface area contributed by atoms with Crippen LogP contribution in [0.2, 0.25) is 0 Å². The number of likely N-dealkylation sites (tertiary alicyclic amines) is 2. The van der Waals surface area contributed by atoms with Crippen LogP contribution in [0.1, 0.15) is 44.9 Å². The van der Waals surface area contributed by atoms with E-state index in [0.29, 0.717) is 44.4 Å². The summed E-state index contributed by atoms with van der Waals surface area (Å²) >= 11 is 1.57.